The molecule has 18 heavy (non-hydrogen) atoms. The SMILES string of the molecule is Cl.Fc1ccc(C(F)(F)F)cc1[C@H]1CNCCN1. The van der Waals surface area contributed by atoms with Gasteiger partial charge >= 0.3 is 6.18 Å². The Bertz CT molecular complexity index is 403. The van der Waals surface area contributed by atoms with Gasteiger partial charge < -0.3 is 10.6 Å². The van der Waals surface area contributed by atoms with Gasteiger partial charge in [0.2, 0.25) is 0 Å². The van der Waals surface area contributed by atoms with Gasteiger partial charge in [0, 0.05) is 31.2 Å². The van der Waals surface area contributed by atoms with E-state index >= 15 is 0 Å². The molecule has 102 valence electrons. The number of alkyl halides is 3. The second-order valence-corrected chi connectivity index (χ2v) is 3.94. The molecule has 7 heteroatoms. The van der Waals surface area contributed by atoms with Gasteiger partial charge in [-0.05, 0) is 18.2 Å². The van der Waals surface area contributed by atoms with Crippen LogP contribution in [0.5, 0.6) is 0 Å². The Morgan fingerprint density at radius 2 is 1.89 bits per heavy atom. The van der Waals surface area contributed by atoms with E-state index in [9.17, 15) is 17.6 Å². The summed E-state index contributed by atoms with van der Waals surface area (Å²) in [6.45, 7) is 1.77. The number of hydrogen-bond donors (Lipinski definition) is 2. The summed E-state index contributed by atoms with van der Waals surface area (Å²) in [7, 11) is 0. The number of benzene rings is 1. The third kappa shape index (κ3) is 3.34. The average molecular weight is 285 g/mol. The molecule has 1 fully saturated rings. The molecule has 0 aromatic heterocycles. The normalized spacial score (nSPS) is 20.3. The van der Waals surface area contributed by atoms with E-state index in [1.165, 1.54) is 0 Å². The van der Waals surface area contributed by atoms with Crippen LogP contribution in [0.3, 0.4) is 0 Å². The third-order valence-electron chi connectivity index (χ3n) is 2.74. The number of halogens is 5. The minimum Gasteiger partial charge on any atom is -0.314 e. The fraction of sp³-hybridized carbons (Fsp3) is 0.455. The quantitative estimate of drug-likeness (QED) is 0.774. The average Bonchev–Trinajstić information content (AvgIpc) is 2.29. The third-order valence-corrected chi connectivity index (χ3v) is 2.74. The summed E-state index contributed by atoms with van der Waals surface area (Å²) < 4.78 is 51.0. The lowest BCUT2D eigenvalue weighted by Crippen LogP contribution is -2.43. The smallest absolute Gasteiger partial charge is 0.314 e. The maximum absolute atomic E-state index is 13.5. The molecular weight excluding hydrogens is 272 g/mol. The predicted molar refractivity (Wildman–Crippen MR) is 62.3 cm³/mol. The van der Waals surface area contributed by atoms with E-state index in [0.29, 0.717) is 13.1 Å². The second kappa shape index (κ2) is 5.86. The van der Waals surface area contributed by atoms with Crippen LogP contribution in [0, 0.1) is 5.82 Å². The van der Waals surface area contributed by atoms with Gasteiger partial charge in [0.1, 0.15) is 5.82 Å². The molecule has 2 N–H and O–H groups in total. The van der Waals surface area contributed by atoms with Crippen molar-refractivity contribution >= 4 is 12.4 Å². The predicted octanol–water partition coefficient (Wildman–Crippen LogP) is 2.50. The largest absolute Gasteiger partial charge is 0.416 e. The van der Waals surface area contributed by atoms with Gasteiger partial charge in [0.25, 0.3) is 0 Å². The van der Waals surface area contributed by atoms with E-state index in [4.69, 9.17) is 0 Å². The molecule has 0 unspecified atom stereocenters. The highest BCUT2D eigenvalue weighted by Crippen LogP contribution is 2.31. The van der Waals surface area contributed by atoms with Gasteiger partial charge in [-0.1, -0.05) is 0 Å². The Hall–Kier alpha value is -0.850. The highest BCUT2D eigenvalue weighted by molar-refractivity contribution is 5.85. The molecule has 0 saturated carbocycles. The first kappa shape index (κ1) is 15.2. The lowest BCUT2D eigenvalue weighted by molar-refractivity contribution is -0.137. The van der Waals surface area contributed by atoms with Crippen LogP contribution in [0.4, 0.5) is 17.6 Å². The van der Waals surface area contributed by atoms with Gasteiger partial charge in [-0.2, -0.15) is 13.2 Å². The van der Waals surface area contributed by atoms with Crippen LogP contribution >= 0.6 is 12.4 Å². The molecule has 1 aliphatic rings. The van der Waals surface area contributed by atoms with Crippen molar-refractivity contribution in [2.24, 2.45) is 0 Å². The molecule has 1 aliphatic heterocycles. The van der Waals surface area contributed by atoms with Crippen molar-refractivity contribution in [3.63, 3.8) is 0 Å². The van der Waals surface area contributed by atoms with E-state index in [1.54, 1.807) is 0 Å². The summed E-state index contributed by atoms with van der Waals surface area (Å²) >= 11 is 0. The molecular formula is C11H13ClF4N2. The van der Waals surface area contributed by atoms with Crippen molar-refractivity contribution in [1.29, 1.82) is 0 Å². The molecule has 1 saturated heterocycles. The fourth-order valence-corrected chi connectivity index (χ4v) is 1.86. The highest BCUT2D eigenvalue weighted by Gasteiger charge is 2.32. The van der Waals surface area contributed by atoms with Crippen LogP contribution in [0.25, 0.3) is 0 Å². The van der Waals surface area contributed by atoms with Crippen LogP contribution in [0.1, 0.15) is 17.2 Å². The number of nitrogens with one attached hydrogen (secondary N) is 2. The topological polar surface area (TPSA) is 24.1 Å². The van der Waals surface area contributed by atoms with Crippen molar-refractivity contribution in [3.05, 3.63) is 35.1 Å². The van der Waals surface area contributed by atoms with Gasteiger partial charge in [-0.3, -0.25) is 0 Å². The van der Waals surface area contributed by atoms with Gasteiger partial charge in [-0.15, -0.1) is 12.4 Å². The number of hydrogen-bond acceptors (Lipinski definition) is 2. The maximum atomic E-state index is 13.5. The summed E-state index contributed by atoms with van der Waals surface area (Å²) in [5.74, 6) is -0.612. The van der Waals surface area contributed by atoms with Crippen LogP contribution < -0.4 is 10.6 Å². The number of piperazine rings is 1. The molecule has 1 atom stereocenters. The Balaban J connectivity index is 0.00000162. The minimum atomic E-state index is -4.44. The van der Waals surface area contributed by atoms with Crippen LogP contribution in [-0.4, -0.2) is 19.6 Å². The molecule has 0 spiro atoms. The fourth-order valence-electron chi connectivity index (χ4n) is 1.86. The monoisotopic (exact) mass is 284 g/mol. The molecule has 0 amide bonds. The first-order valence-electron chi connectivity index (χ1n) is 5.29. The van der Waals surface area contributed by atoms with Crippen molar-refractivity contribution in [1.82, 2.24) is 10.6 Å². The summed E-state index contributed by atoms with van der Waals surface area (Å²) in [5.41, 5.74) is -0.756. The first-order valence-corrected chi connectivity index (χ1v) is 5.29. The van der Waals surface area contributed by atoms with Crippen molar-refractivity contribution in [2.45, 2.75) is 12.2 Å². The zero-order valence-electron chi connectivity index (χ0n) is 9.35. The van der Waals surface area contributed by atoms with E-state index < -0.39 is 23.6 Å². The van der Waals surface area contributed by atoms with Gasteiger partial charge in [0.15, 0.2) is 0 Å². The van der Waals surface area contributed by atoms with Crippen molar-refractivity contribution in [2.75, 3.05) is 19.6 Å². The maximum Gasteiger partial charge on any atom is 0.416 e. The molecule has 1 heterocycles. The highest BCUT2D eigenvalue weighted by atomic mass is 35.5. The molecule has 1 aromatic carbocycles. The molecule has 0 radical (unpaired) electrons. The lowest BCUT2D eigenvalue weighted by atomic mass is 10.0. The molecule has 1 aromatic rings. The lowest BCUT2D eigenvalue weighted by Gasteiger charge is -2.25. The summed E-state index contributed by atoms with van der Waals surface area (Å²) in [6.07, 6.45) is -4.44. The van der Waals surface area contributed by atoms with E-state index in [-0.39, 0.29) is 18.0 Å². The zero-order valence-corrected chi connectivity index (χ0v) is 10.2. The van der Waals surface area contributed by atoms with Gasteiger partial charge in [0.05, 0.1) is 5.56 Å². The van der Waals surface area contributed by atoms with E-state index in [1.807, 2.05) is 0 Å². The Morgan fingerprint density at radius 1 is 1.17 bits per heavy atom. The molecule has 2 rings (SSSR count). The molecule has 2 nitrogen and oxygen atoms in total. The van der Waals surface area contributed by atoms with Crippen LogP contribution in [-0.2, 0) is 6.18 Å². The molecule has 0 aliphatic carbocycles. The zero-order chi connectivity index (χ0) is 12.5. The standard InChI is InChI=1S/C11H12F4N2.ClH/c12-9-2-1-7(11(13,14)15)5-8(9)10-6-16-3-4-17-10;/h1-2,5,10,16-17H,3-4,6H2;1H/t10-;/m1./s1. The minimum absolute atomic E-state index is 0. The Labute approximate surface area is 108 Å². The first-order chi connectivity index (χ1) is 7.98. The summed E-state index contributed by atoms with van der Waals surface area (Å²) in [4.78, 5) is 0. The molecule has 0 bridgehead atoms. The summed E-state index contributed by atoms with van der Waals surface area (Å²) in [5, 5.41) is 5.99. The Kier molecular flexibility index (Phi) is 4.95. The van der Waals surface area contributed by atoms with E-state index in [2.05, 4.69) is 10.6 Å². The van der Waals surface area contributed by atoms with Crippen LogP contribution in [0.2, 0.25) is 0 Å². The van der Waals surface area contributed by atoms with Crippen molar-refractivity contribution in [3.8, 4) is 0 Å². The second-order valence-electron chi connectivity index (χ2n) is 3.94. The number of rotatable bonds is 1. The van der Waals surface area contributed by atoms with Gasteiger partial charge in [-0.25, -0.2) is 4.39 Å². The van der Waals surface area contributed by atoms with Crippen LogP contribution in [0.15, 0.2) is 18.2 Å². The Morgan fingerprint density at radius 3 is 2.44 bits per heavy atom. The summed E-state index contributed by atoms with van der Waals surface area (Å²) in [6, 6.07) is 2.09. The van der Waals surface area contributed by atoms with E-state index in [0.717, 1.165) is 24.7 Å². The van der Waals surface area contributed by atoms with Crippen molar-refractivity contribution < 1.29 is 17.6 Å².